The third kappa shape index (κ3) is 3.37. The fraction of sp³-hybridized carbons (Fsp3) is 0.316. The van der Waals surface area contributed by atoms with E-state index in [-0.39, 0.29) is 16.5 Å². The summed E-state index contributed by atoms with van der Waals surface area (Å²) in [4.78, 5) is 14.6. The van der Waals surface area contributed by atoms with Crippen LogP contribution in [0.1, 0.15) is 30.3 Å². The van der Waals surface area contributed by atoms with Gasteiger partial charge in [0.05, 0.1) is 11.9 Å². The Kier molecular flexibility index (Phi) is 4.91. The average molecular weight is 327 g/mol. The number of para-hydroxylation sites is 1. The van der Waals surface area contributed by atoms with E-state index in [1.54, 1.807) is 11.8 Å². The number of benzene rings is 2. The maximum atomic E-state index is 12.6. The summed E-state index contributed by atoms with van der Waals surface area (Å²) in [7, 11) is 0. The highest BCUT2D eigenvalue weighted by Crippen LogP contribution is 2.46. The monoisotopic (exact) mass is 327 g/mol. The van der Waals surface area contributed by atoms with E-state index >= 15 is 0 Å². The molecule has 2 atom stereocenters. The van der Waals surface area contributed by atoms with E-state index in [1.807, 2.05) is 55.1 Å². The summed E-state index contributed by atoms with van der Waals surface area (Å²) in [5, 5.41) is -0.0288. The highest BCUT2D eigenvalue weighted by Gasteiger charge is 2.39. The van der Waals surface area contributed by atoms with Crippen LogP contribution in [0.15, 0.2) is 54.6 Å². The van der Waals surface area contributed by atoms with Crippen LogP contribution in [-0.2, 0) is 11.3 Å². The molecule has 1 heterocycles. The Morgan fingerprint density at radius 3 is 2.52 bits per heavy atom. The molecule has 0 saturated carbocycles. The van der Waals surface area contributed by atoms with Crippen LogP contribution in [0.3, 0.4) is 0 Å². The largest absolute Gasteiger partial charge is 0.493 e. The van der Waals surface area contributed by atoms with E-state index in [0.29, 0.717) is 13.2 Å². The quantitative estimate of drug-likeness (QED) is 0.822. The lowest BCUT2D eigenvalue weighted by Crippen LogP contribution is -2.30. The number of hydrogen-bond donors (Lipinski definition) is 0. The fourth-order valence-corrected chi connectivity index (χ4v) is 4.13. The third-order valence-corrected chi connectivity index (χ3v) is 5.30. The number of hydrogen-bond acceptors (Lipinski definition) is 3. The zero-order valence-corrected chi connectivity index (χ0v) is 14.3. The highest BCUT2D eigenvalue weighted by atomic mass is 32.2. The van der Waals surface area contributed by atoms with Gasteiger partial charge in [0.15, 0.2) is 0 Å². The van der Waals surface area contributed by atoms with Gasteiger partial charge in [-0.25, -0.2) is 0 Å². The van der Waals surface area contributed by atoms with Crippen LogP contribution in [0.2, 0.25) is 0 Å². The second-order valence-corrected chi connectivity index (χ2v) is 6.98. The van der Waals surface area contributed by atoms with Crippen LogP contribution in [0, 0.1) is 0 Å². The Hall–Kier alpha value is -1.94. The number of thioether (sulfide) groups is 1. The summed E-state index contributed by atoms with van der Waals surface area (Å²) < 4.78 is 5.77. The molecule has 2 aromatic rings. The van der Waals surface area contributed by atoms with Crippen LogP contribution in [0.25, 0.3) is 0 Å². The maximum Gasteiger partial charge on any atom is 0.236 e. The van der Waals surface area contributed by atoms with Gasteiger partial charge in [-0.3, -0.25) is 4.79 Å². The van der Waals surface area contributed by atoms with Crippen molar-refractivity contribution >= 4 is 17.7 Å². The zero-order chi connectivity index (χ0) is 16.2. The van der Waals surface area contributed by atoms with E-state index in [0.717, 1.165) is 16.9 Å². The van der Waals surface area contributed by atoms with Gasteiger partial charge in [0.1, 0.15) is 11.1 Å². The van der Waals surface area contributed by atoms with Crippen molar-refractivity contribution in [2.24, 2.45) is 0 Å². The molecule has 0 aliphatic carbocycles. The van der Waals surface area contributed by atoms with Gasteiger partial charge in [0.2, 0.25) is 5.91 Å². The Morgan fingerprint density at radius 2 is 1.78 bits per heavy atom. The number of nitrogens with zero attached hydrogens (tertiary/aromatic N) is 1. The molecule has 0 spiro atoms. The molecule has 4 heteroatoms. The molecule has 0 unspecified atom stereocenters. The van der Waals surface area contributed by atoms with E-state index in [9.17, 15) is 4.79 Å². The van der Waals surface area contributed by atoms with Gasteiger partial charge in [-0.15, -0.1) is 11.8 Å². The van der Waals surface area contributed by atoms with Gasteiger partial charge in [0.25, 0.3) is 0 Å². The van der Waals surface area contributed by atoms with Gasteiger partial charge < -0.3 is 9.64 Å². The number of rotatable bonds is 5. The summed E-state index contributed by atoms with van der Waals surface area (Å²) in [5.41, 5.74) is 2.22. The summed E-state index contributed by atoms with van der Waals surface area (Å²) in [6.45, 7) is 5.21. The molecule has 120 valence electrons. The van der Waals surface area contributed by atoms with Crippen molar-refractivity contribution in [3.63, 3.8) is 0 Å². The number of amides is 1. The van der Waals surface area contributed by atoms with Gasteiger partial charge >= 0.3 is 0 Å². The van der Waals surface area contributed by atoms with E-state index < -0.39 is 0 Å². The Morgan fingerprint density at radius 1 is 1.09 bits per heavy atom. The molecule has 1 fully saturated rings. The van der Waals surface area contributed by atoms with Gasteiger partial charge in [-0.05, 0) is 25.5 Å². The zero-order valence-electron chi connectivity index (χ0n) is 13.4. The van der Waals surface area contributed by atoms with Crippen molar-refractivity contribution < 1.29 is 9.53 Å². The van der Waals surface area contributed by atoms with Crippen LogP contribution in [0.5, 0.6) is 5.75 Å². The van der Waals surface area contributed by atoms with Crippen LogP contribution >= 0.6 is 11.8 Å². The summed E-state index contributed by atoms with van der Waals surface area (Å²) in [5.74, 6) is 1.06. The van der Waals surface area contributed by atoms with Crippen molar-refractivity contribution in [1.29, 1.82) is 0 Å². The van der Waals surface area contributed by atoms with Crippen molar-refractivity contribution in [3.8, 4) is 5.75 Å². The van der Waals surface area contributed by atoms with Gasteiger partial charge in [-0.1, -0.05) is 48.5 Å². The third-order valence-electron chi connectivity index (χ3n) is 3.93. The van der Waals surface area contributed by atoms with Gasteiger partial charge in [0, 0.05) is 12.1 Å². The van der Waals surface area contributed by atoms with E-state index in [2.05, 4.69) is 18.2 Å². The minimum Gasteiger partial charge on any atom is -0.493 e. The lowest BCUT2D eigenvalue weighted by molar-refractivity contribution is -0.130. The predicted molar refractivity (Wildman–Crippen MR) is 94.4 cm³/mol. The van der Waals surface area contributed by atoms with E-state index in [4.69, 9.17) is 4.74 Å². The summed E-state index contributed by atoms with van der Waals surface area (Å²) in [6.07, 6.45) is 0. The average Bonchev–Trinajstić information content (AvgIpc) is 2.85. The summed E-state index contributed by atoms with van der Waals surface area (Å²) >= 11 is 1.69. The molecule has 3 rings (SSSR count). The normalized spacial score (nSPS) is 20.8. The second-order valence-electron chi connectivity index (χ2n) is 5.55. The van der Waals surface area contributed by atoms with Crippen LogP contribution < -0.4 is 4.74 Å². The van der Waals surface area contributed by atoms with Crippen molar-refractivity contribution in [2.45, 2.75) is 31.0 Å². The SMILES string of the molecule is CCOc1ccccc1[C@H]1S[C@@H](C)C(=O)N1Cc1ccccc1. The Balaban J connectivity index is 1.92. The highest BCUT2D eigenvalue weighted by molar-refractivity contribution is 8.01. The van der Waals surface area contributed by atoms with E-state index in [1.165, 1.54) is 0 Å². The minimum atomic E-state index is -0.0293. The second kappa shape index (κ2) is 7.09. The molecule has 2 aromatic carbocycles. The smallest absolute Gasteiger partial charge is 0.236 e. The Bertz CT molecular complexity index is 674. The topological polar surface area (TPSA) is 29.5 Å². The van der Waals surface area contributed by atoms with Crippen molar-refractivity contribution in [3.05, 3.63) is 65.7 Å². The first-order chi connectivity index (χ1) is 11.2. The molecule has 0 N–H and O–H groups in total. The van der Waals surface area contributed by atoms with Crippen LogP contribution in [-0.4, -0.2) is 22.7 Å². The molecule has 0 aromatic heterocycles. The predicted octanol–water partition coefficient (Wildman–Crippen LogP) is 4.25. The fourth-order valence-electron chi connectivity index (χ4n) is 2.83. The molecule has 0 radical (unpaired) electrons. The molecule has 1 aliphatic heterocycles. The minimum absolute atomic E-state index is 0.000422. The summed E-state index contributed by atoms with van der Waals surface area (Å²) in [6, 6.07) is 18.2. The lowest BCUT2D eigenvalue weighted by atomic mass is 10.1. The molecule has 3 nitrogen and oxygen atoms in total. The van der Waals surface area contributed by atoms with Crippen molar-refractivity contribution in [1.82, 2.24) is 4.90 Å². The Labute approximate surface area is 141 Å². The lowest BCUT2D eigenvalue weighted by Gasteiger charge is -2.25. The van der Waals surface area contributed by atoms with Crippen molar-refractivity contribution in [2.75, 3.05) is 6.61 Å². The molecular formula is C19H21NO2S. The number of carbonyl (C=O) groups excluding carboxylic acids is 1. The number of ether oxygens (including phenoxy) is 1. The van der Waals surface area contributed by atoms with Gasteiger partial charge in [-0.2, -0.15) is 0 Å². The molecule has 1 saturated heterocycles. The molecule has 0 bridgehead atoms. The molecule has 23 heavy (non-hydrogen) atoms. The molecular weight excluding hydrogens is 306 g/mol. The molecule has 1 aliphatic rings. The number of carbonyl (C=O) groups is 1. The first kappa shape index (κ1) is 15.9. The molecule has 1 amide bonds. The first-order valence-electron chi connectivity index (χ1n) is 7.92. The standard InChI is InChI=1S/C19H21NO2S/c1-3-22-17-12-8-7-11-16(17)19-20(18(21)14(2)23-19)13-15-9-5-4-6-10-15/h4-12,14,19H,3,13H2,1-2H3/t14-,19+/m0/s1. The first-order valence-corrected chi connectivity index (χ1v) is 8.86. The van der Waals surface area contributed by atoms with Crippen LogP contribution in [0.4, 0.5) is 0 Å². The maximum absolute atomic E-state index is 12.6.